The smallest absolute Gasteiger partial charge is 0.313 e. The molecule has 1 heterocycles. The normalized spacial score (nSPS) is 12.2. The van der Waals surface area contributed by atoms with Crippen LogP contribution >= 0.6 is 11.6 Å². The molecule has 7 heteroatoms. The van der Waals surface area contributed by atoms with Gasteiger partial charge in [0.05, 0.1) is 16.6 Å². The minimum atomic E-state index is -0.872. The van der Waals surface area contributed by atoms with Crippen LogP contribution in [0.1, 0.15) is 70.7 Å². The average Bonchev–Trinajstić information content (AvgIpc) is 2.43. The lowest BCUT2D eigenvalue weighted by Gasteiger charge is -2.28. The number of nitrogens with zero attached hydrogens (tertiary/aromatic N) is 2. The summed E-state index contributed by atoms with van der Waals surface area (Å²) < 4.78 is 5.37. The first-order valence-corrected chi connectivity index (χ1v) is 8.25. The molecule has 0 radical (unpaired) electrons. The lowest BCUT2D eigenvalue weighted by molar-refractivity contribution is -0.165. The zero-order chi connectivity index (χ0) is 18.7. The summed E-state index contributed by atoms with van der Waals surface area (Å²) in [5, 5.41) is 2.87. The molecule has 6 nitrogen and oxygen atoms in total. The summed E-state index contributed by atoms with van der Waals surface area (Å²) in [7, 11) is 0. The highest BCUT2D eigenvalue weighted by molar-refractivity contribution is 6.33. The van der Waals surface area contributed by atoms with Crippen LogP contribution < -0.4 is 5.32 Å². The standard InChI is InChI=1S/C17H26ClN3O3/c1-10(2)13-19-8-11(18)12(21-13)14(22)20-9-17(6,7)15(23)24-16(3,4)5/h8,10H,9H2,1-7H3,(H,20,22). The van der Waals surface area contributed by atoms with Gasteiger partial charge in [0.1, 0.15) is 17.1 Å². The SMILES string of the molecule is CC(C)c1ncc(Cl)c(C(=O)NCC(C)(C)C(=O)OC(C)(C)C)n1. The van der Waals surface area contributed by atoms with Gasteiger partial charge in [-0.25, -0.2) is 9.97 Å². The maximum absolute atomic E-state index is 12.4. The Kier molecular flexibility index (Phi) is 6.33. The van der Waals surface area contributed by atoms with Gasteiger partial charge in [-0.1, -0.05) is 25.4 Å². The molecule has 0 fully saturated rings. The van der Waals surface area contributed by atoms with Crippen molar-refractivity contribution in [1.29, 1.82) is 0 Å². The molecule has 1 N–H and O–H groups in total. The number of hydrogen-bond acceptors (Lipinski definition) is 5. The number of aromatic nitrogens is 2. The van der Waals surface area contributed by atoms with Gasteiger partial charge in [-0.2, -0.15) is 0 Å². The van der Waals surface area contributed by atoms with Crippen LogP contribution in [-0.4, -0.2) is 34.0 Å². The summed E-state index contributed by atoms with van der Waals surface area (Å²) in [6.07, 6.45) is 1.41. The second-order valence-electron chi connectivity index (χ2n) is 7.65. The predicted octanol–water partition coefficient (Wildman–Crippen LogP) is 3.35. The number of ether oxygens (including phenoxy) is 1. The van der Waals surface area contributed by atoms with Crippen molar-refractivity contribution in [2.24, 2.45) is 5.41 Å². The van der Waals surface area contributed by atoms with E-state index in [-0.39, 0.29) is 29.1 Å². The molecule has 0 atom stereocenters. The Morgan fingerprint density at radius 1 is 1.25 bits per heavy atom. The Morgan fingerprint density at radius 3 is 2.33 bits per heavy atom. The van der Waals surface area contributed by atoms with Crippen molar-refractivity contribution in [1.82, 2.24) is 15.3 Å². The molecule has 1 aromatic heterocycles. The number of halogens is 1. The van der Waals surface area contributed by atoms with Gasteiger partial charge in [-0.05, 0) is 34.6 Å². The first-order valence-electron chi connectivity index (χ1n) is 7.87. The summed E-state index contributed by atoms with van der Waals surface area (Å²) in [4.78, 5) is 32.9. The highest BCUT2D eigenvalue weighted by Crippen LogP contribution is 2.21. The third-order valence-electron chi connectivity index (χ3n) is 3.14. The van der Waals surface area contributed by atoms with Gasteiger partial charge in [0.25, 0.3) is 5.91 Å². The molecule has 0 aliphatic carbocycles. The maximum atomic E-state index is 12.4. The van der Waals surface area contributed by atoms with Crippen LogP contribution in [0.4, 0.5) is 0 Å². The maximum Gasteiger partial charge on any atom is 0.313 e. The van der Waals surface area contributed by atoms with Crippen LogP contribution in [0.3, 0.4) is 0 Å². The number of amides is 1. The second-order valence-corrected chi connectivity index (χ2v) is 8.06. The van der Waals surface area contributed by atoms with Gasteiger partial charge in [0.15, 0.2) is 0 Å². The van der Waals surface area contributed by atoms with Gasteiger partial charge in [0.2, 0.25) is 0 Å². The summed E-state index contributed by atoms with van der Waals surface area (Å²) in [6, 6.07) is 0. The van der Waals surface area contributed by atoms with Crippen molar-refractivity contribution in [2.75, 3.05) is 6.54 Å². The van der Waals surface area contributed by atoms with Crippen molar-refractivity contribution in [3.63, 3.8) is 0 Å². The molecule has 0 bridgehead atoms. The molecule has 1 rings (SSSR count). The number of esters is 1. The van der Waals surface area contributed by atoms with Crippen LogP contribution in [0.5, 0.6) is 0 Å². The molecule has 0 spiro atoms. The van der Waals surface area contributed by atoms with Crippen LogP contribution in [-0.2, 0) is 9.53 Å². The van der Waals surface area contributed by atoms with E-state index in [1.54, 1.807) is 34.6 Å². The first kappa shape index (κ1) is 20.4. The molecular weight excluding hydrogens is 330 g/mol. The van der Waals surface area contributed by atoms with E-state index in [4.69, 9.17) is 16.3 Å². The number of nitrogens with one attached hydrogen (secondary N) is 1. The number of carbonyl (C=O) groups is 2. The number of carbonyl (C=O) groups excluding carboxylic acids is 2. The van der Waals surface area contributed by atoms with Crippen molar-refractivity contribution in [3.8, 4) is 0 Å². The Hall–Kier alpha value is -1.69. The van der Waals surface area contributed by atoms with E-state index < -0.39 is 16.9 Å². The predicted molar refractivity (Wildman–Crippen MR) is 93.1 cm³/mol. The average molecular weight is 356 g/mol. The van der Waals surface area contributed by atoms with Crippen molar-refractivity contribution in [3.05, 3.63) is 22.7 Å². The van der Waals surface area contributed by atoms with E-state index in [2.05, 4.69) is 15.3 Å². The zero-order valence-corrected chi connectivity index (χ0v) is 16.1. The van der Waals surface area contributed by atoms with Crippen LogP contribution in [0.25, 0.3) is 0 Å². The van der Waals surface area contributed by atoms with E-state index in [0.717, 1.165) is 0 Å². The molecule has 0 saturated carbocycles. The molecule has 0 aliphatic rings. The molecule has 24 heavy (non-hydrogen) atoms. The van der Waals surface area contributed by atoms with Gasteiger partial charge in [-0.3, -0.25) is 9.59 Å². The lowest BCUT2D eigenvalue weighted by Crippen LogP contribution is -2.42. The Balaban J connectivity index is 2.82. The molecule has 1 aromatic rings. The van der Waals surface area contributed by atoms with Crippen molar-refractivity contribution < 1.29 is 14.3 Å². The second kappa shape index (κ2) is 7.47. The van der Waals surface area contributed by atoms with E-state index >= 15 is 0 Å². The number of rotatable bonds is 5. The third-order valence-corrected chi connectivity index (χ3v) is 3.41. The van der Waals surface area contributed by atoms with Crippen LogP contribution in [0.2, 0.25) is 5.02 Å². The fourth-order valence-electron chi connectivity index (χ4n) is 1.69. The van der Waals surface area contributed by atoms with Gasteiger partial charge in [0, 0.05) is 12.5 Å². The van der Waals surface area contributed by atoms with Crippen LogP contribution in [0.15, 0.2) is 6.20 Å². The zero-order valence-electron chi connectivity index (χ0n) is 15.4. The largest absolute Gasteiger partial charge is 0.460 e. The Bertz CT molecular complexity index is 622. The molecule has 1 amide bonds. The Labute approximate surface area is 148 Å². The highest BCUT2D eigenvalue weighted by Gasteiger charge is 2.33. The fraction of sp³-hybridized carbons (Fsp3) is 0.647. The van der Waals surface area contributed by atoms with E-state index in [0.29, 0.717) is 5.82 Å². The molecule has 0 aliphatic heterocycles. The van der Waals surface area contributed by atoms with E-state index in [1.807, 2.05) is 13.8 Å². The quantitative estimate of drug-likeness (QED) is 0.819. The van der Waals surface area contributed by atoms with Gasteiger partial charge >= 0.3 is 5.97 Å². The molecular formula is C17H26ClN3O3. The van der Waals surface area contributed by atoms with Gasteiger partial charge < -0.3 is 10.1 Å². The molecule has 0 aromatic carbocycles. The fourth-order valence-corrected chi connectivity index (χ4v) is 1.87. The summed E-state index contributed by atoms with van der Waals surface area (Å²) >= 11 is 6.02. The summed E-state index contributed by atoms with van der Waals surface area (Å²) in [6.45, 7) is 12.8. The first-order chi connectivity index (χ1) is 10.8. The Morgan fingerprint density at radius 2 is 1.83 bits per heavy atom. The van der Waals surface area contributed by atoms with Crippen LogP contribution in [0, 0.1) is 5.41 Å². The van der Waals surface area contributed by atoms with Gasteiger partial charge in [-0.15, -0.1) is 0 Å². The highest BCUT2D eigenvalue weighted by atomic mass is 35.5. The summed E-state index contributed by atoms with van der Waals surface area (Å²) in [5.74, 6) is -0.212. The third kappa shape index (κ3) is 5.74. The minimum absolute atomic E-state index is 0.0759. The molecule has 0 saturated heterocycles. The van der Waals surface area contributed by atoms with Crippen molar-refractivity contribution in [2.45, 2.75) is 60.0 Å². The van der Waals surface area contributed by atoms with Crippen molar-refractivity contribution >= 4 is 23.5 Å². The summed E-state index contributed by atoms with van der Waals surface area (Å²) in [5.41, 5.74) is -1.35. The molecule has 0 unspecified atom stereocenters. The van der Waals surface area contributed by atoms with E-state index in [9.17, 15) is 9.59 Å². The minimum Gasteiger partial charge on any atom is -0.460 e. The topological polar surface area (TPSA) is 81.2 Å². The molecule has 134 valence electrons. The monoisotopic (exact) mass is 355 g/mol. The lowest BCUT2D eigenvalue weighted by atomic mass is 9.93. The van der Waals surface area contributed by atoms with E-state index in [1.165, 1.54) is 6.20 Å². The number of hydrogen-bond donors (Lipinski definition) is 1.